The summed E-state index contributed by atoms with van der Waals surface area (Å²) < 4.78 is 4.91. The van der Waals surface area contributed by atoms with Crippen molar-refractivity contribution in [1.82, 2.24) is 0 Å². The van der Waals surface area contributed by atoms with Crippen molar-refractivity contribution >= 4 is 39.8 Å². The molecular weight excluding hydrogens is 262 g/mol. The standard InChI is InChI=1S/C11H14ClNO3S/c1-3-16-11(15)8-6-7(2)17-10(8)13-9(14)4-5-12/h6H,3-5H2,1-2H3,(H,13,14). The topological polar surface area (TPSA) is 55.4 Å². The van der Waals surface area contributed by atoms with Gasteiger partial charge in [-0.3, -0.25) is 4.79 Å². The van der Waals surface area contributed by atoms with Gasteiger partial charge in [-0.15, -0.1) is 22.9 Å². The first kappa shape index (κ1) is 14.0. The normalized spacial score (nSPS) is 10.1. The number of thiophene rings is 1. The summed E-state index contributed by atoms with van der Waals surface area (Å²) in [6, 6.07) is 1.71. The van der Waals surface area contributed by atoms with Crippen molar-refractivity contribution in [3.8, 4) is 0 Å². The first-order valence-electron chi connectivity index (χ1n) is 5.21. The van der Waals surface area contributed by atoms with Crippen LogP contribution in [-0.4, -0.2) is 24.4 Å². The quantitative estimate of drug-likeness (QED) is 0.664. The Labute approximate surface area is 109 Å². The Morgan fingerprint density at radius 2 is 2.24 bits per heavy atom. The molecule has 6 heteroatoms. The Morgan fingerprint density at radius 1 is 1.53 bits per heavy atom. The van der Waals surface area contributed by atoms with Gasteiger partial charge in [0.2, 0.25) is 5.91 Å². The number of ether oxygens (including phenoxy) is 1. The Balaban J connectivity index is 2.84. The van der Waals surface area contributed by atoms with Crippen LogP contribution in [0.15, 0.2) is 6.07 Å². The van der Waals surface area contributed by atoms with Crippen LogP contribution in [0.5, 0.6) is 0 Å². The largest absolute Gasteiger partial charge is 0.462 e. The zero-order chi connectivity index (χ0) is 12.8. The molecule has 1 aromatic heterocycles. The maximum atomic E-state index is 11.6. The van der Waals surface area contributed by atoms with Crippen molar-refractivity contribution in [2.75, 3.05) is 17.8 Å². The van der Waals surface area contributed by atoms with Crippen LogP contribution in [0.2, 0.25) is 0 Å². The summed E-state index contributed by atoms with van der Waals surface area (Å²) in [5, 5.41) is 3.19. The summed E-state index contributed by atoms with van der Waals surface area (Å²) in [4.78, 5) is 24.0. The van der Waals surface area contributed by atoms with E-state index in [9.17, 15) is 9.59 Å². The molecule has 0 radical (unpaired) electrons. The average molecular weight is 276 g/mol. The Bertz CT molecular complexity index is 417. The number of halogens is 1. The van der Waals surface area contributed by atoms with E-state index >= 15 is 0 Å². The van der Waals surface area contributed by atoms with Gasteiger partial charge in [0, 0.05) is 17.2 Å². The highest BCUT2D eigenvalue weighted by molar-refractivity contribution is 7.16. The van der Waals surface area contributed by atoms with Gasteiger partial charge in [0.05, 0.1) is 12.2 Å². The van der Waals surface area contributed by atoms with Crippen molar-refractivity contribution in [1.29, 1.82) is 0 Å². The van der Waals surface area contributed by atoms with Crippen LogP contribution in [0.1, 0.15) is 28.6 Å². The molecule has 1 amide bonds. The lowest BCUT2D eigenvalue weighted by Crippen LogP contribution is -2.14. The number of carbonyl (C=O) groups is 2. The van der Waals surface area contributed by atoms with Gasteiger partial charge >= 0.3 is 5.97 Å². The lowest BCUT2D eigenvalue weighted by atomic mass is 10.3. The second-order valence-corrected chi connectivity index (χ2v) is 4.94. The molecule has 1 rings (SSSR count). The third kappa shape index (κ3) is 4.02. The number of hydrogen-bond acceptors (Lipinski definition) is 4. The van der Waals surface area contributed by atoms with Crippen LogP contribution in [0.3, 0.4) is 0 Å². The molecule has 0 aliphatic heterocycles. The molecule has 0 spiro atoms. The molecule has 17 heavy (non-hydrogen) atoms. The van der Waals surface area contributed by atoms with E-state index < -0.39 is 5.97 Å². The van der Waals surface area contributed by atoms with Gasteiger partial charge in [0.1, 0.15) is 5.00 Å². The lowest BCUT2D eigenvalue weighted by Gasteiger charge is -2.04. The minimum Gasteiger partial charge on any atom is -0.462 e. The third-order valence-corrected chi connectivity index (χ3v) is 3.08. The highest BCUT2D eigenvalue weighted by Crippen LogP contribution is 2.28. The van der Waals surface area contributed by atoms with Gasteiger partial charge in [-0.25, -0.2) is 4.79 Å². The van der Waals surface area contributed by atoms with E-state index in [-0.39, 0.29) is 18.2 Å². The van der Waals surface area contributed by atoms with Crippen LogP contribution in [0.25, 0.3) is 0 Å². The first-order valence-corrected chi connectivity index (χ1v) is 6.57. The minimum atomic E-state index is -0.418. The molecule has 0 atom stereocenters. The Morgan fingerprint density at radius 3 is 2.82 bits per heavy atom. The molecule has 1 heterocycles. The molecular formula is C11H14ClNO3S. The van der Waals surface area contributed by atoms with Gasteiger partial charge in [-0.1, -0.05) is 0 Å². The molecule has 94 valence electrons. The summed E-state index contributed by atoms with van der Waals surface area (Å²) in [5.74, 6) is -0.365. The SMILES string of the molecule is CCOC(=O)c1cc(C)sc1NC(=O)CCCl. The minimum absolute atomic E-state index is 0.201. The zero-order valence-corrected chi connectivity index (χ0v) is 11.3. The van der Waals surface area contributed by atoms with Gasteiger partial charge < -0.3 is 10.1 Å². The summed E-state index contributed by atoms with van der Waals surface area (Å²) in [5.41, 5.74) is 0.400. The summed E-state index contributed by atoms with van der Waals surface area (Å²) in [6.07, 6.45) is 0.223. The summed E-state index contributed by atoms with van der Waals surface area (Å²) in [7, 11) is 0. The number of aryl methyl sites for hydroxylation is 1. The van der Waals surface area contributed by atoms with E-state index in [1.807, 2.05) is 6.92 Å². The number of esters is 1. The van der Waals surface area contributed by atoms with Crippen molar-refractivity contribution < 1.29 is 14.3 Å². The van der Waals surface area contributed by atoms with Gasteiger partial charge in [0.15, 0.2) is 0 Å². The van der Waals surface area contributed by atoms with Gasteiger partial charge in [-0.2, -0.15) is 0 Å². The summed E-state index contributed by atoms with van der Waals surface area (Å²) >= 11 is 6.82. The molecule has 0 aliphatic carbocycles. The molecule has 4 nitrogen and oxygen atoms in total. The lowest BCUT2D eigenvalue weighted by molar-refractivity contribution is -0.115. The number of anilines is 1. The Hall–Kier alpha value is -1.07. The van der Waals surface area contributed by atoms with E-state index in [1.165, 1.54) is 11.3 Å². The van der Waals surface area contributed by atoms with Crippen molar-refractivity contribution in [2.45, 2.75) is 20.3 Å². The van der Waals surface area contributed by atoms with Crippen LogP contribution < -0.4 is 5.32 Å². The van der Waals surface area contributed by atoms with E-state index in [0.717, 1.165) is 4.88 Å². The molecule has 1 aromatic rings. The number of nitrogens with one attached hydrogen (secondary N) is 1. The second-order valence-electron chi connectivity index (χ2n) is 3.31. The molecule has 1 N–H and O–H groups in total. The first-order chi connectivity index (χ1) is 8.08. The predicted molar refractivity (Wildman–Crippen MR) is 69.0 cm³/mol. The smallest absolute Gasteiger partial charge is 0.341 e. The maximum absolute atomic E-state index is 11.6. The number of rotatable bonds is 5. The van der Waals surface area contributed by atoms with Crippen LogP contribution in [-0.2, 0) is 9.53 Å². The van der Waals surface area contributed by atoms with Crippen LogP contribution in [0.4, 0.5) is 5.00 Å². The van der Waals surface area contributed by atoms with Gasteiger partial charge in [-0.05, 0) is 19.9 Å². The molecule has 0 aliphatic rings. The number of alkyl halides is 1. The number of amides is 1. The second kappa shape index (κ2) is 6.61. The summed E-state index contributed by atoms with van der Waals surface area (Å²) in [6.45, 7) is 3.91. The van der Waals surface area contributed by atoms with Gasteiger partial charge in [0.25, 0.3) is 0 Å². The number of carbonyl (C=O) groups excluding carboxylic acids is 2. The molecule has 0 bridgehead atoms. The van der Waals surface area contributed by atoms with Crippen LogP contribution >= 0.6 is 22.9 Å². The highest BCUT2D eigenvalue weighted by Gasteiger charge is 2.17. The van der Waals surface area contributed by atoms with E-state index in [4.69, 9.17) is 16.3 Å². The predicted octanol–water partition coefficient (Wildman–Crippen LogP) is 2.80. The highest BCUT2D eigenvalue weighted by atomic mass is 35.5. The maximum Gasteiger partial charge on any atom is 0.341 e. The molecule has 0 saturated carbocycles. The average Bonchev–Trinajstić information content (AvgIpc) is 2.60. The van der Waals surface area contributed by atoms with E-state index in [1.54, 1.807) is 13.0 Å². The molecule has 0 aromatic carbocycles. The fourth-order valence-corrected chi connectivity index (χ4v) is 2.33. The molecule has 0 unspecified atom stereocenters. The van der Waals surface area contributed by atoms with Crippen molar-refractivity contribution in [3.05, 3.63) is 16.5 Å². The molecule has 0 fully saturated rings. The fraction of sp³-hybridized carbons (Fsp3) is 0.455. The fourth-order valence-electron chi connectivity index (χ4n) is 1.24. The van der Waals surface area contributed by atoms with Crippen LogP contribution in [0, 0.1) is 6.92 Å². The van der Waals surface area contributed by atoms with Crippen molar-refractivity contribution in [3.63, 3.8) is 0 Å². The van der Waals surface area contributed by atoms with E-state index in [0.29, 0.717) is 17.2 Å². The Kier molecular flexibility index (Phi) is 5.44. The monoisotopic (exact) mass is 275 g/mol. The zero-order valence-electron chi connectivity index (χ0n) is 9.71. The van der Waals surface area contributed by atoms with Crippen molar-refractivity contribution in [2.24, 2.45) is 0 Å². The molecule has 0 saturated heterocycles. The van der Waals surface area contributed by atoms with E-state index in [2.05, 4.69) is 5.32 Å². The number of hydrogen-bond donors (Lipinski definition) is 1. The third-order valence-electron chi connectivity index (χ3n) is 1.93.